The van der Waals surface area contributed by atoms with Crippen LogP contribution in [0.25, 0.3) is 0 Å². The Morgan fingerprint density at radius 3 is 2.87 bits per heavy atom. The van der Waals surface area contributed by atoms with E-state index in [0.29, 0.717) is 0 Å². The van der Waals surface area contributed by atoms with Crippen LogP contribution in [0.1, 0.15) is 19.8 Å². The molecular weight excluding hydrogens is 190 g/mol. The lowest BCUT2D eigenvalue weighted by molar-refractivity contribution is -0.138. The van der Waals surface area contributed by atoms with E-state index in [-0.39, 0.29) is 11.3 Å². The molecule has 15 heavy (non-hydrogen) atoms. The monoisotopic (exact) mass is 213 g/mol. The molecule has 4 heteroatoms. The molecule has 1 aliphatic rings. The van der Waals surface area contributed by atoms with Crippen LogP contribution in [0.2, 0.25) is 0 Å². The fraction of sp³-hybridized carbons (Fsp3) is 0.909. The van der Waals surface area contributed by atoms with Gasteiger partial charge in [0.2, 0.25) is 5.91 Å². The van der Waals surface area contributed by atoms with Crippen molar-refractivity contribution in [2.45, 2.75) is 19.8 Å². The molecule has 2 N–H and O–H groups in total. The molecule has 1 amide bonds. The minimum absolute atomic E-state index is 0.172. The first-order valence-corrected chi connectivity index (χ1v) is 5.71. The number of hydrogen-bond acceptors (Lipinski definition) is 3. The Kier molecular flexibility index (Phi) is 4.54. The van der Waals surface area contributed by atoms with Crippen LogP contribution in [0, 0.1) is 5.41 Å². The number of amides is 1. The van der Waals surface area contributed by atoms with Crippen LogP contribution < -0.4 is 10.6 Å². The molecule has 1 rings (SSSR count). The Labute approximate surface area is 92.4 Å². The van der Waals surface area contributed by atoms with E-state index in [4.69, 9.17) is 0 Å². The SMILES string of the molecule is CNCCCN(C)C(=O)C1(C)CCNC1. The van der Waals surface area contributed by atoms with Crippen molar-refractivity contribution in [2.24, 2.45) is 5.41 Å². The predicted molar refractivity (Wildman–Crippen MR) is 61.8 cm³/mol. The lowest BCUT2D eigenvalue weighted by Crippen LogP contribution is -2.42. The van der Waals surface area contributed by atoms with Gasteiger partial charge in [-0.3, -0.25) is 4.79 Å². The zero-order valence-electron chi connectivity index (χ0n) is 10.1. The van der Waals surface area contributed by atoms with Gasteiger partial charge in [-0.2, -0.15) is 0 Å². The molecule has 0 radical (unpaired) electrons. The molecule has 1 atom stereocenters. The van der Waals surface area contributed by atoms with E-state index in [1.807, 2.05) is 19.0 Å². The molecule has 0 aliphatic carbocycles. The number of nitrogens with one attached hydrogen (secondary N) is 2. The Balaban J connectivity index is 2.38. The van der Waals surface area contributed by atoms with Crippen LogP contribution in [0.3, 0.4) is 0 Å². The van der Waals surface area contributed by atoms with Crippen molar-refractivity contribution in [1.29, 1.82) is 0 Å². The molecule has 1 unspecified atom stereocenters. The van der Waals surface area contributed by atoms with Gasteiger partial charge in [0.25, 0.3) is 0 Å². The Bertz CT molecular complexity index is 212. The number of carbonyl (C=O) groups is 1. The van der Waals surface area contributed by atoms with Gasteiger partial charge >= 0.3 is 0 Å². The van der Waals surface area contributed by atoms with Gasteiger partial charge < -0.3 is 15.5 Å². The third-order valence-electron chi connectivity index (χ3n) is 3.15. The highest BCUT2D eigenvalue weighted by Gasteiger charge is 2.37. The normalized spacial score (nSPS) is 25.5. The van der Waals surface area contributed by atoms with E-state index < -0.39 is 0 Å². The highest BCUT2D eigenvalue weighted by molar-refractivity contribution is 5.82. The smallest absolute Gasteiger partial charge is 0.229 e. The Hall–Kier alpha value is -0.610. The van der Waals surface area contributed by atoms with E-state index >= 15 is 0 Å². The summed E-state index contributed by atoms with van der Waals surface area (Å²) in [7, 11) is 3.84. The van der Waals surface area contributed by atoms with Gasteiger partial charge in [-0.15, -0.1) is 0 Å². The van der Waals surface area contributed by atoms with Crippen LogP contribution in [0.4, 0.5) is 0 Å². The minimum Gasteiger partial charge on any atom is -0.345 e. The maximum Gasteiger partial charge on any atom is 0.229 e. The number of nitrogens with zero attached hydrogens (tertiary/aromatic N) is 1. The van der Waals surface area contributed by atoms with Crippen molar-refractivity contribution in [3.05, 3.63) is 0 Å². The second kappa shape index (κ2) is 5.47. The highest BCUT2D eigenvalue weighted by Crippen LogP contribution is 2.26. The summed E-state index contributed by atoms with van der Waals surface area (Å²) in [4.78, 5) is 14.0. The van der Waals surface area contributed by atoms with Crippen molar-refractivity contribution in [2.75, 3.05) is 40.3 Å². The largest absolute Gasteiger partial charge is 0.345 e. The zero-order chi connectivity index (χ0) is 11.3. The molecule has 0 bridgehead atoms. The highest BCUT2D eigenvalue weighted by atomic mass is 16.2. The molecule has 0 aromatic carbocycles. The molecule has 88 valence electrons. The van der Waals surface area contributed by atoms with E-state index in [1.54, 1.807) is 0 Å². The van der Waals surface area contributed by atoms with Crippen LogP contribution >= 0.6 is 0 Å². The first kappa shape index (κ1) is 12.5. The Morgan fingerprint density at radius 1 is 1.60 bits per heavy atom. The molecule has 1 heterocycles. The summed E-state index contributed by atoms with van der Waals surface area (Å²) in [5.74, 6) is 0.281. The lowest BCUT2D eigenvalue weighted by atomic mass is 9.88. The van der Waals surface area contributed by atoms with Crippen LogP contribution in [0.15, 0.2) is 0 Å². The first-order chi connectivity index (χ1) is 7.10. The summed E-state index contributed by atoms with van der Waals surface area (Å²) in [5.41, 5.74) is -0.172. The van der Waals surface area contributed by atoms with Gasteiger partial charge in [0.15, 0.2) is 0 Å². The fourth-order valence-corrected chi connectivity index (χ4v) is 2.05. The summed E-state index contributed by atoms with van der Waals surface area (Å²) < 4.78 is 0. The number of rotatable bonds is 5. The summed E-state index contributed by atoms with van der Waals surface area (Å²) in [6.07, 6.45) is 1.98. The summed E-state index contributed by atoms with van der Waals surface area (Å²) in [6.45, 7) is 5.65. The van der Waals surface area contributed by atoms with Crippen molar-refractivity contribution in [3.63, 3.8) is 0 Å². The van der Waals surface area contributed by atoms with Crippen LogP contribution in [-0.2, 0) is 4.79 Å². The van der Waals surface area contributed by atoms with Gasteiger partial charge in [-0.05, 0) is 39.9 Å². The number of carbonyl (C=O) groups excluding carboxylic acids is 1. The van der Waals surface area contributed by atoms with Crippen LogP contribution in [-0.4, -0.2) is 51.1 Å². The summed E-state index contributed by atoms with van der Waals surface area (Å²) in [6, 6.07) is 0. The first-order valence-electron chi connectivity index (χ1n) is 5.71. The quantitative estimate of drug-likeness (QED) is 0.635. The maximum atomic E-state index is 12.1. The molecule has 4 nitrogen and oxygen atoms in total. The average Bonchev–Trinajstić information content (AvgIpc) is 2.65. The van der Waals surface area contributed by atoms with E-state index in [9.17, 15) is 4.79 Å². The third-order valence-corrected chi connectivity index (χ3v) is 3.15. The Morgan fingerprint density at radius 2 is 2.33 bits per heavy atom. The molecule has 1 aliphatic heterocycles. The van der Waals surface area contributed by atoms with Crippen molar-refractivity contribution in [1.82, 2.24) is 15.5 Å². The van der Waals surface area contributed by atoms with E-state index in [0.717, 1.165) is 39.0 Å². The van der Waals surface area contributed by atoms with E-state index in [2.05, 4.69) is 17.6 Å². The average molecular weight is 213 g/mol. The molecule has 0 saturated carbocycles. The second-order valence-electron chi connectivity index (χ2n) is 4.67. The van der Waals surface area contributed by atoms with Crippen molar-refractivity contribution >= 4 is 5.91 Å². The van der Waals surface area contributed by atoms with Crippen molar-refractivity contribution in [3.8, 4) is 0 Å². The standard InChI is InChI=1S/C11H23N3O/c1-11(5-7-13-9-11)10(15)14(3)8-4-6-12-2/h12-13H,4-9H2,1-3H3. The van der Waals surface area contributed by atoms with Gasteiger partial charge in [0.1, 0.15) is 0 Å². The zero-order valence-corrected chi connectivity index (χ0v) is 10.1. The molecule has 0 spiro atoms. The molecular formula is C11H23N3O. The molecule has 0 aromatic heterocycles. The van der Waals surface area contributed by atoms with Gasteiger partial charge in [0, 0.05) is 20.1 Å². The van der Waals surface area contributed by atoms with E-state index in [1.165, 1.54) is 0 Å². The second-order valence-corrected chi connectivity index (χ2v) is 4.67. The fourth-order valence-electron chi connectivity index (χ4n) is 2.05. The van der Waals surface area contributed by atoms with Gasteiger partial charge in [-0.1, -0.05) is 0 Å². The van der Waals surface area contributed by atoms with Gasteiger partial charge in [0.05, 0.1) is 5.41 Å². The lowest BCUT2D eigenvalue weighted by Gasteiger charge is -2.28. The molecule has 0 aromatic rings. The minimum atomic E-state index is -0.172. The predicted octanol–water partition coefficient (Wildman–Crippen LogP) is 0.0539. The summed E-state index contributed by atoms with van der Waals surface area (Å²) in [5, 5.41) is 6.35. The maximum absolute atomic E-state index is 12.1. The number of hydrogen-bond donors (Lipinski definition) is 2. The molecule has 1 saturated heterocycles. The summed E-state index contributed by atoms with van der Waals surface area (Å²) >= 11 is 0. The molecule has 1 fully saturated rings. The third kappa shape index (κ3) is 3.18. The topological polar surface area (TPSA) is 44.4 Å². The van der Waals surface area contributed by atoms with Crippen LogP contribution in [0.5, 0.6) is 0 Å². The van der Waals surface area contributed by atoms with Crippen molar-refractivity contribution < 1.29 is 4.79 Å². The van der Waals surface area contributed by atoms with Gasteiger partial charge in [-0.25, -0.2) is 0 Å².